The molecule has 2 atom stereocenters. The highest BCUT2D eigenvalue weighted by Crippen LogP contribution is 2.26. The molecule has 21 heavy (non-hydrogen) atoms. The molecular weight excluding hydrogens is 266 g/mol. The van der Waals surface area contributed by atoms with Crippen LogP contribution in [0.5, 0.6) is 0 Å². The van der Waals surface area contributed by atoms with Gasteiger partial charge in [0.15, 0.2) is 0 Å². The van der Waals surface area contributed by atoms with Crippen LogP contribution in [0.25, 0.3) is 11.0 Å². The van der Waals surface area contributed by atoms with Crippen molar-refractivity contribution in [3.8, 4) is 0 Å². The maximum Gasteiger partial charge on any atom is 0.135 e. The number of aliphatic hydroxyl groups excluding tert-OH is 1. The zero-order valence-electron chi connectivity index (χ0n) is 12.9. The number of hydrogen-bond acceptors (Lipinski definition) is 4. The van der Waals surface area contributed by atoms with E-state index in [0.29, 0.717) is 12.3 Å². The summed E-state index contributed by atoms with van der Waals surface area (Å²) < 4.78 is 11.6. The molecule has 0 spiro atoms. The third-order valence-corrected chi connectivity index (χ3v) is 3.84. The first-order chi connectivity index (χ1) is 9.93. The summed E-state index contributed by atoms with van der Waals surface area (Å²) in [6, 6.07) is 9.75. The minimum atomic E-state index is -0.613. The van der Waals surface area contributed by atoms with Gasteiger partial charge >= 0.3 is 0 Å². The molecule has 0 bridgehead atoms. The molecule has 0 amide bonds. The van der Waals surface area contributed by atoms with E-state index < -0.39 is 6.10 Å². The van der Waals surface area contributed by atoms with Gasteiger partial charge in [0, 0.05) is 25.0 Å². The van der Waals surface area contributed by atoms with Crippen LogP contribution < -0.4 is 0 Å². The van der Waals surface area contributed by atoms with Crippen LogP contribution in [0.2, 0.25) is 0 Å². The summed E-state index contributed by atoms with van der Waals surface area (Å²) in [6.45, 7) is 8.46. The van der Waals surface area contributed by atoms with Crippen molar-refractivity contribution >= 4 is 11.0 Å². The average molecular weight is 289 g/mol. The first kappa shape index (κ1) is 14.6. The third-order valence-electron chi connectivity index (χ3n) is 3.84. The predicted molar refractivity (Wildman–Crippen MR) is 82.2 cm³/mol. The van der Waals surface area contributed by atoms with Crippen molar-refractivity contribution in [2.24, 2.45) is 0 Å². The number of β-amino-alcohol motifs (C(OH)–C–C–N with tert-alkyl or cyclic N) is 1. The lowest BCUT2D eigenvalue weighted by Gasteiger charge is -2.42. The molecule has 1 N–H and O–H groups in total. The normalized spacial score (nSPS) is 24.3. The molecule has 1 fully saturated rings. The highest BCUT2D eigenvalue weighted by Gasteiger charge is 2.32. The molecule has 1 aromatic carbocycles. The molecule has 1 aliphatic rings. The first-order valence-electron chi connectivity index (χ1n) is 7.50. The quantitative estimate of drug-likeness (QED) is 0.943. The van der Waals surface area contributed by atoms with Gasteiger partial charge in [0.2, 0.25) is 0 Å². The van der Waals surface area contributed by atoms with E-state index in [1.165, 1.54) is 0 Å². The minimum absolute atomic E-state index is 0.175. The lowest BCUT2D eigenvalue weighted by atomic mass is 10.0. The van der Waals surface area contributed by atoms with E-state index in [4.69, 9.17) is 9.15 Å². The number of fused-ring (bicyclic) bond motifs is 1. The van der Waals surface area contributed by atoms with Crippen molar-refractivity contribution < 1.29 is 14.3 Å². The average Bonchev–Trinajstić information content (AvgIpc) is 2.79. The Hall–Kier alpha value is -1.36. The predicted octanol–water partition coefficient (Wildman–Crippen LogP) is 2.97. The lowest BCUT2D eigenvalue weighted by Crippen LogP contribution is -2.52. The summed E-state index contributed by atoms with van der Waals surface area (Å²) in [5.74, 6) is 0.633. The molecule has 2 heterocycles. The van der Waals surface area contributed by atoms with Crippen LogP contribution in [-0.2, 0) is 4.74 Å². The number of para-hydroxylation sites is 1. The van der Waals surface area contributed by atoms with Gasteiger partial charge in [0.25, 0.3) is 0 Å². The van der Waals surface area contributed by atoms with Gasteiger partial charge in [-0.25, -0.2) is 0 Å². The fourth-order valence-corrected chi connectivity index (χ4v) is 3.23. The van der Waals surface area contributed by atoms with Gasteiger partial charge in [-0.1, -0.05) is 18.2 Å². The Kier molecular flexibility index (Phi) is 3.78. The molecule has 1 aromatic heterocycles. The molecule has 4 nitrogen and oxygen atoms in total. The summed E-state index contributed by atoms with van der Waals surface area (Å²) >= 11 is 0. The number of morpholine rings is 1. The topological polar surface area (TPSA) is 45.8 Å². The van der Waals surface area contributed by atoms with Gasteiger partial charge in [-0.2, -0.15) is 0 Å². The van der Waals surface area contributed by atoms with Crippen molar-refractivity contribution in [1.82, 2.24) is 4.90 Å². The number of furan rings is 1. The van der Waals surface area contributed by atoms with Crippen molar-refractivity contribution in [1.29, 1.82) is 0 Å². The molecule has 2 aromatic rings. The fourth-order valence-electron chi connectivity index (χ4n) is 3.23. The molecule has 0 aliphatic carbocycles. The van der Waals surface area contributed by atoms with Crippen LogP contribution in [0.1, 0.15) is 32.6 Å². The maximum atomic E-state index is 10.5. The summed E-state index contributed by atoms with van der Waals surface area (Å²) in [6.07, 6.45) is -0.435. The highest BCUT2D eigenvalue weighted by molar-refractivity contribution is 5.77. The molecule has 114 valence electrons. The molecule has 0 saturated carbocycles. The van der Waals surface area contributed by atoms with E-state index in [2.05, 4.69) is 25.7 Å². The molecule has 0 radical (unpaired) electrons. The van der Waals surface area contributed by atoms with Gasteiger partial charge in [-0.3, -0.25) is 4.90 Å². The zero-order valence-corrected chi connectivity index (χ0v) is 12.9. The van der Waals surface area contributed by atoms with Crippen LogP contribution in [0.15, 0.2) is 34.7 Å². The van der Waals surface area contributed by atoms with Crippen LogP contribution in [0.3, 0.4) is 0 Å². The van der Waals surface area contributed by atoms with E-state index in [1.54, 1.807) is 0 Å². The number of benzene rings is 1. The molecule has 1 aliphatic heterocycles. The Morgan fingerprint density at radius 1 is 1.38 bits per heavy atom. The van der Waals surface area contributed by atoms with E-state index in [0.717, 1.165) is 24.1 Å². The molecular formula is C17H23NO3. The SMILES string of the molecule is CC1CN(CC(O)c2cc3ccccc3o2)CC(C)(C)O1. The van der Waals surface area contributed by atoms with Gasteiger partial charge in [-0.05, 0) is 32.9 Å². The van der Waals surface area contributed by atoms with E-state index in [9.17, 15) is 5.11 Å². The van der Waals surface area contributed by atoms with E-state index in [1.807, 2.05) is 30.3 Å². The van der Waals surface area contributed by atoms with E-state index >= 15 is 0 Å². The van der Waals surface area contributed by atoms with Crippen LogP contribution in [-0.4, -0.2) is 41.3 Å². The first-order valence-corrected chi connectivity index (χ1v) is 7.50. The zero-order chi connectivity index (χ0) is 15.0. The lowest BCUT2D eigenvalue weighted by molar-refractivity contribution is -0.134. The number of ether oxygens (including phenoxy) is 1. The van der Waals surface area contributed by atoms with Crippen LogP contribution >= 0.6 is 0 Å². The van der Waals surface area contributed by atoms with Gasteiger partial charge in [0.05, 0.1) is 11.7 Å². The fraction of sp³-hybridized carbons (Fsp3) is 0.529. The second kappa shape index (κ2) is 5.44. The Morgan fingerprint density at radius 3 is 2.86 bits per heavy atom. The molecule has 1 saturated heterocycles. The summed E-state index contributed by atoms with van der Waals surface area (Å²) in [5.41, 5.74) is 0.646. The second-order valence-corrected chi connectivity index (χ2v) is 6.58. The summed E-state index contributed by atoms with van der Waals surface area (Å²) in [4.78, 5) is 2.24. The van der Waals surface area contributed by atoms with Gasteiger partial charge < -0.3 is 14.3 Å². The van der Waals surface area contributed by atoms with E-state index in [-0.39, 0.29) is 11.7 Å². The standard InChI is InChI=1S/C17H23NO3/c1-12-9-18(11-17(2,3)21-12)10-14(19)16-8-13-6-4-5-7-15(13)20-16/h4-8,12,14,19H,9-11H2,1-3H3. The number of aliphatic hydroxyl groups is 1. The molecule has 4 heteroatoms. The monoisotopic (exact) mass is 289 g/mol. The third kappa shape index (κ3) is 3.28. The Labute approximate surface area is 125 Å². The number of hydrogen-bond donors (Lipinski definition) is 1. The van der Waals surface area contributed by atoms with Crippen LogP contribution in [0.4, 0.5) is 0 Å². The maximum absolute atomic E-state index is 10.5. The summed E-state index contributed by atoms with van der Waals surface area (Å²) in [7, 11) is 0. The highest BCUT2D eigenvalue weighted by atomic mass is 16.5. The molecule has 2 unspecified atom stereocenters. The number of nitrogens with zero attached hydrogens (tertiary/aromatic N) is 1. The van der Waals surface area contributed by atoms with Crippen LogP contribution in [0, 0.1) is 0 Å². The van der Waals surface area contributed by atoms with Crippen molar-refractivity contribution in [3.05, 3.63) is 36.1 Å². The minimum Gasteiger partial charge on any atom is -0.458 e. The van der Waals surface area contributed by atoms with Gasteiger partial charge in [-0.15, -0.1) is 0 Å². The molecule has 3 rings (SSSR count). The Morgan fingerprint density at radius 2 is 2.14 bits per heavy atom. The van der Waals surface area contributed by atoms with Gasteiger partial charge in [0.1, 0.15) is 17.4 Å². The van der Waals surface area contributed by atoms with Crippen molar-refractivity contribution in [2.45, 2.75) is 38.6 Å². The largest absolute Gasteiger partial charge is 0.458 e. The Balaban J connectivity index is 1.72. The van der Waals surface area contributed by atoms with Crippen molar-refractivity contribution in [3.63, 3.8) is 0 Å². The van der Waals surface area contributed by atoms with Crippen molar-refractivity contribution in [2.75, 3.05) is 19.6 Å². The number of rotatable bonds is 3. The summed E-state index contributed by atoms with van der Waals surface area (Å²) in [5, 5.41) is 11.5. The Bertz CT molecular complexity index is 586. The smallest absolute Gasteiger partial charge is 0.135 e. The second-order valence-electron chi connectivity index (χ2n) is 6.58.